The molecule has 3 heteroatoms. The summed E-state index contributed by atoms with van der Waals surface area (Å²) in [7, 11) is 0. The molecule has 0 saturated heterocycles. The third kappa shape index (κ3) is 1.21. The number of aromatic nitrogens is 2. The van der Waals surface area contributed by atoms with Crippen LogP contribution < -0.4 is 0 Å². The molecule has 68 valence electrons. The highest BCUT2D eigenvalue weighted by Gasteiger charge is 2.03. The Bertz CT molecular complexity index is 445. The summed E-state index contributed by atoms with van der Waals surface area (Å²) in [6.07, 6.45) is 3.75. The highest BCUT2D eigenvalue weighted by atomic mass is 16.3. The van der Waals surface area contributed by atoms with Crippen molar-refractivity contribution in [3.8, 4) is 0 Å². The SMILES string of the molecule is Cc1cc2ncc(CO)c(C)n2c1. The third-order valence-corrected chi connectivity index (χ3v) is 2.29. The van der Waals surface area contributed by atoms with E-state index in [0.717, 1.165) is 16.9 Å². The van der Waals surface area contributed by atoms with Gasteiger partial charge in [0.05, 0.1) is 6.61 Å². The Kier molecular flexibility index (Phi) is 1.81. The molecule has 2 rings (SSSR count). The van der Waals surface area contributed by atoms with Crippen molar-refractivity contribution in [2.45, 2.75) is 20.5 Å². The summed E-state index contributed by atoms with van der Waals surface area (Å²) in [6.45, 7) is 4.07. The smallest absolute Gasteiger partial charge is 0.137 e. The van der Waals surface area contributed by atoms with Crippen molar-refractivity contribution < 1.29 is 5.11 Å². The first-order valence-corrected chi connectivity index (χ1v) is 4.26. The Morgan fingerprint density at radius 1 is 1.46 bits per heavy atom. The zero-order chi connectivity index (χ0) is 9.42. The molecule has 0 bridgehead atoms. The quantitative estimate of drug-likeness (QED) is 0.714. The van der Waals surface area contributed by atoms with E-state index in [0.29, 0.717) is 0 Å². The largest absolute Gasteiger partial charge is 0.392 e. The summed E-state index contributed by atoms with van der Waals surface area (Å²) in [4.78, 5) is 4.24. The molecule has 0 amide bonds. The molecular weight excluding hydrogens is 164 g/mol. The molecule has 0 radical (unpaired) electrons. The number of aryl methyl sites for hydroxylation is 2. The number of aliphatic hydroxyl groups is 1. The molecule has 0 unspecified atom stereocenters. The molecule has 2 aromatic rings. The molecule has 0 spiro atoms. The van der Waals surface area contributed by atoms with E-state index < -0.39 is 0 Å². The molecule has 2 aromatic heterocycles. The number of nitrogens with zero attached hydrogens (tertiary/aromatic N) is 2. The van der Waals surface area contributed by atoms with Gasteiger partial charge in [-0.05, 0) is 25.5 Å². The zero-order valence-corrected chi connectivity index (χ0v) is 7.78. The van der Waals surface area contributed by atoms with E-state index >= 15 is 0 Å². The van der Waals surface area contributed by atoms with Crippen LogP contribution >= 0.6 is 0 Å². The van der Waals surface area contributed by atoms with Crippen molar-refractivity contribution in [1.29, 1.82) is 0 Å². The molecule has 0 saturated carbocycles. The first-order chi connectivity index (χ1) is 6.22. The fourth-order valence-electron chi connectivity index (χ4n) is 1.50. The second-order valence-electron chi connectivity index (χ2n) is 3.27. The summed E-state index contributed by atoms with van der Waals surface area (Å²) in [5, 5.41) is 9.03. The topological polar surface area (TPSA) is 37.5 Å². The lowest BCUT2D eigenvalue weighted by Crippen LogP contribution is -1.98. The maximum Gasteiger partial charge on any atom is 0.137 e. The molecule has 0 aliphatic heterocycles. The second-order valence-corrected chi connectivity index (χ2v) is 3.27. The summed E-state index contributed by atoms with van der Waals surface area (Å²) in [6, 6.07) is 2.02. The normalized spacial score (nSPS) is 11.0. The van der Waals surface area contributed by atoms with Gasteiger partial charge < -0.3 is 9.51 Å². The van der Waals surface area contributed by atoms with Crippen molar-refractivity contribution in [3.05, 3.63) is 35.3 Å². The Balaban J connectivity index is 2.78. The molecule has 1 N–H and O–H groups in total. The van der Waals surface area contributed by atoms with E-state index in [4.69, 9.17) is 5.11 Å². The van der Waals surface area contributed by atoms with Gasteiger partial charge in [-0.2, -0.15) is 0 Å². The van der Waals surface area contributed by atoms with E-state index in [1.165, 1.54) is 5.56 Å². The van der Waals surface area contributed by atoms with E-state index in [1.807, 2.05) is 30.5 Å². The van der Waals surface area contributed by atoms with Crippen LogP contribution in [-0.2, 0) is 6.61 Å². The average Bonchev–Trinajstić information content (AvgIpc) is 2.47. The molecular formula is C10H12N2O. The van der Waals surface area contributed by atoms with Crippen LogP contribution in [0.2, 0.25) is 0 Å². The monoisotopic (exact) mass is 176 g/mol. The molecule has 0 aliphatic carbocycles. The number of fused-ring (bicyclic) bond motifs is 1. The van der Waals surface area contributed by atoms with Gasteiger partial charge >= 0.3 is 0 Å². The Labute approximate surface area is 76.7 Å². The van der Waals surface area contributed by atoms with Crippen molar-refractivity contribution >= 4 is 5.65 Å². The minimum atomic E-state index is 0.0476. The van der Waals surface area contributed by atoms with Crippen molar-refractivity contribution in [1.82, 2.24) is 9.38 Å². The first-order valence-electron chi connectivity index (χ1n) is 4.26. The summed E-state index contributed by atoms with van der Waals surface area (Å²) < 4.78 is 2.00. The Hall–Kier alpha value is -1.35. The van der Waals surface area contributed by atoms with Crippen LogP contribution in [0.5, 0.6) is 0 Å². The highest BCUT2D eigenvalue weighted by molar-refractivity contribution is 5.45. The first kappa shape index (κ1) is 8.26. The maximum atomic E-state index is 9.03. The molecule has 0 aromatic carbocycles. The average molecular weight is 176 g/mol. The van der Waals surface area contributed by atoms with Crippen LogP contribution in [0.4, 0.5) is 0 Å². The molecule has 2 heterocycles. The van der Waals surface area contributed by atoms with Gasteiger partial charge in [0.2, 0.25) is 0 Å². The standard InChI is InChI=1S/C10H12N2O/c1-7-3-10-11-4-9(6-13)8(2)12(10)5-7/h3-5,13H,6H2,1-2H3. The predicted octanol–water partition coefficient (Wildman–Crippen LogP) is 1.44. The number of rotatable bonds is 1. The molecule has 13 heavy (non-hydrogen) atoms. The van der Waals surface area contributed by atoms with E-state index in [-0.39, 0.29) is 6.61 Å². The van der Waals surface area contributed by atoms with Gasteiger partial charge in [-0.3, -0.25) is 0 Å². The van der Waals surface area contributed by atoms with Crippen LogP contribution in [0.1, 0.15) is 16.8 Å². The second kappa shape index (κ2) is 2.85. The van der Waals surface area contributed by atoms with E-state index in [9.17, 15) is 0 Å². The number of hydrogen-bond donors (Lipinski definition) is 1. The van der Waals surface area contributed by atoms with Gasteiger partial charge in [0.1, 0.15) is 5.65 Å². The van der Waals surface area contributed by atoms with Gasteiger partial charge in [0.25, 0.3) is 0 Å². The highest BCUT2D eigenvalue weighted by Crippen LogP contribution is 2.12. The van der Waals surface area contributed by atoms with Crippen molar-refractivity contribution in [2.75, 3.05) is 0 Å². The van der Waals surface area contributed by atoms with Crippen molar-refractivity contribution in [3.63, 3.8) is 0 Å². The Morgan fingerprint density at radius 3 is 2.92 bits per heavy atom. The molecule has 3 nitrogen and oxygen atoms in total. The zero-order valence-electron chi connectivity index (χ0n) is 7.78. The van der Waals surface area contributed by atoms with Crippen LogP contribution in [0.15, 0.2) is 18.5 Å². The number of hydrogen-bond acceptors (Lipinski definition) is 2. The minimum Gasteiger partial charge on any atom is -0.392 e. The predicted molar refractivity (Wildman–Crippen MR) is 50.6 cm³/mol. The Morgan fingerprint density at radius 2 is 2.23 bits per heavy atom. The van der Waals surface area contributed by atoms with Gasteiger partial charge in [-0.15, -0.1) is 0 Å². The lowest BCUT2D eigenvalue weighted by atomic mass is 10.2. The van der Waals surface area contributed by atoms with Crippen molar-refractivity contribution in [2.24, 2.45) is 0 Å². The van der Waals surface area contributed by atoms with Crippen LogP contribution in [0.25, 0.3) is 5.65 Å². The van der Waals surface area contributed by atoms with Gasteiger partial charge in [0.15, 0.2) is 0 Å². The number of aliphatic hydroxyl groups excluding tert-OH is 1. The molecule has 0 fully saturated rings. The van der Waals surface area contributed by atoms with E-state index in [1.54, 1.807) is 6.20 Å². The summed E-state index contributed by atoms with van der Waals surface area (Å²) in [5.41, 5.74) is 4.06. The van der Waals surface area contributed by atoms with Gasteiger partial charge in [-0.1, -0.05) is 0 Å². The van der Waals surface area contributed by atoms with E-state index in [2.05, 4.69) is 4.98 Å². The van der Waals surface area contributed by atoms with Crippen LogP contribution in [0.3, 0.4) is 0 Å². The molecule has 0 aliphatic rings. The maximum absolute atomic E-state index is 9.03. The lowest BCUT2D eigenvalue weighted by molar-refractivity contribution is 0.280. The van der Waals surface area contributed by atoms with Crippen LogP contribution in [-0.4, -0.2) is 14.5 Å². The minimum absolute atomic E-state index is 0.0476. The van der Waals surface area contributed by atoms with Gasteiger partial charge in [0, 0.05) is 23.7 Å². The third-order valence-electron chi connectivity index (χ3n) is 2.29. The molecule has 0 atom stereocenters. The summed E-state index contributed by atoms with van der Waals surface area (Å²) >= 11 is 0. The fraction of sp³-hybridized carbons (Fsp3) is 0.300. The summed E-state index contributed by atoms with van der Waals surface area (Å²) in [5.74, 6) is 0. The lowest BCUT2D eigenvalue weighted by Gasteiger charge is -2.04. The van der Waals surface area contributed by atoms with Gasteiger partial charge in [-0.25, -0.2) is 4.98 Å². The van der Waals surface area contributed by atoms with Crippen LogP contribution in [0, 0.1) is 13.8 Å². The fourth-order valence-corrected chi connectivity index (χ4v) is 1.50.